The van der Waals surface area contributed by atoms with Crippen LogP contribution in [0, 0.1) is 21.0 Å². The molecule has 0 saturated heterocycles. The van der Waals surface area contributed by atoms with Gasteiger partial charge >= 0.3 is 0 Å². The molecule has 3 aromatic rings. The van der Waals surface area contributed by atoms with E-state index in [2.05, 4.69) is 0 Å². The summed E-state index contributed by atoms with van der Waals surface area (Å²) in [5, 5.41) is 0. The van der Waals surface area contributed by atoms with Gasteiger partial charge in [-0.1, -0.05) is 48.5 Å². The van der Waals surface area contributed by atoms with Crippen molar-refractivity contribution in [3.63, 3.8) is 0 Å². The highest BCUT2D eigenvalue weighted by atomic mass is 127. The molecule has 3 rings (SSSR count). The van der Waals surface area contributed by atoms with Gasteiger partial charge in [0.05, 0.1) is 3.57 Å². The van der Waals surface area contributed by atoms with Gasteiger partial charge in [-0.05, 0) is 45.9 Å². The van der Waals surface area contributed by atoms with Gasteiger partial charge in [0, 0.05) is 11.1 Å². The Morgan fingerprint density at radius 2 is 1.32 bits per heavy atom. The zero-order valence-electron chi connectivity index (χ0n) is 11.3. The van der Waals surface area contributed by atoms with Crippen LogP contribution in [0.15, 0.2) is 60.7 Å². The van der Waals surface area contributed by atoms with E-state index in [1.165, 1.54) is 24.3 Å². The first-order chi connectivity index (χ1) is 10.6. The van der Waals surface area contributed by atoms with E-state index in [1.807, 2.05) is 30.3 Å². The van der Waals surface area contributed by atoms with Crippen LogP contribution in [0.4, 0.5) is 13.2 Å². The molecular weight excluding hydrogens is 400 g/mol. The van der Waals surface area contributed by atoms with Gasteiger partial charge in [-0.15, -0.1) is 0 Å². The Balaban J connectivity index is 2.09. The lowest BCUT2D eigenvalue weighted by Gasteiger charge is -2.09. The largest absolute Gasteiger partial charge is 0.206 e. The first-order valence-electron chi connectivity index (χ1n) is 6.57. The van der Waals surface area contributed by atoms with Crippen LogP contribution in [-0.2, 0) is 0 Å². The third-order valence-electron chi connectivity index (χ3n) is 3.40. The lowest BCUT2D eigenvalue weighted by Crippen LogP contribution is -1.95. The number of hydrogen-bond acceptors (Lipinski definition) is 0. The molecule has 110 valence electrons. The highest BCUT2D eigenvalue weighted by Crippen LogP contribution is 2.31. The molecule has 22 heavy (non-hydrogen) atoms. The number of rotatable bonds is 2. The van der Waals surface area contributed by atoms with Crippen molar-refractivity contribution < 1.29 is 13.2 Å². The zero-order chi connectivity index (χ0) is 15.7. The Hall–Kier alpha value is -1.82. The minimum absolute atomic E-state index is 0.0486. The standard InChI is InChI=1S/C18H10F3I/c19-15-10-12(11-4-2-1-3-5-11)6-7-13(15)14-8-9-16(22)18(21)17(14)20/h1-10H. The Labute approximate surface area is 139 Å². The molecule has 0 unspecified atom stereocenters. The lowest BCUT2D eigenvalue weighted by molar-refractivity contribution is 0.505. The topological polar surface area (TPSA) is 0 Å². The zero-order valence-corrected chi connectivity index (χ0v) is 13.4. The number of benzene rings is 3. The molecule has 4 heteroatoms. The van der Waals surface area contributed by atoms with E-state index >= 15 is 0 Å². The van der Waals surface area contributed by atoms with Gasteiger partial charge in [0.2, 0.25) is 0 Å². The third-order valence-corrected chi connectivity index (χ3v) is 4.23. The van der Waals surface area contributed by atoms with Gasteiger partial charge in [0.1, 0.15) is 5.82 Å². The molecule has 3 aromatic carbocycles. The van der Waals surface area contributed by atoms with Crippen molar-refractivity contribution in [2.45, 2.75) is 0 Å². The maximum Gasteiger partial charge on any atom is 0.172 e. The predicted molar refractivity (Wildman–Crippen MR) is 89.9 cm³/mol. The van der Waals surface area contributed by atoms with Crippen molar-refractivity contribution in [2.75, 3.05) is 0 Å². The fourth-order valence-electron chi connectivity index (χ4n) is 2.28. The highest BCUT2D eigenvalue weighted by molar-refractivity contribution is 14.1. The summed E-state index contributed by atoms with van der Waals surface area (Å²) in [6, 6.07) is 16.6. The number of halogens is 4. The Kier molecular flexibility index (Phi) is 4.20. The fraction of sp³-hybridized carbons (Fsp3) is 0. The van der Waals surface area contributed by atoms with E-state index in [-0.39, 0.29) is 14.7 Å². The fourth-order valence-corrected chi connectivity index (χ4v) is 2.69. The lowest BCUT2D eigenvalue weighted by atomic mass is 9.99. The molecule has 0 saturated carbocycles. The summed E-state index contributed by atoms with van der Waals surface area (Å²) in [6.07, 6.45) is 0. The first kappa shape index (κ1) is 15.1. The average molecular weight is 410 g/mol. The van der Waals surface area contributed by atoms with Crippen molar-refractivity contribution in [1.29, 1.82) is 0 Å². The number of hydrogen-bond donors (Lipinski definition) is 0. The van der Waals surface area contributed by atoms with E-state index in [9.17, 15) is 13.2 Å². The minimum Gasteiger partial charge on any atom is -0.206 e. The first-order valence-corrected chi connectivity index (χ1v) is 7.64. The van der Waals surface area contributed by atoms with E-state index in [0.29, 0.717) is 5.56 Å². The molecule has 0 atom stereocenters. The van der Waals surface area contributed by atoms with Crippen LogP contribution in [0.2, 0.25) is 0 Å². The summed E-state index contributed by atoms with van der Waals surface area (Å²) in [7, 11) is 0. The normalized spacial score (nSPS) is 10.7. The summed E-state index contributed by atoms with van der Waals surface area (Å²) in [6.45, 7) is 0. The molecule has 0 aliphatic rings. The molecule has 0 N–H and O–H groups in total. The predicted octanol–water partition coefficient (Wildman–Crippen LogP) is 6.04. The van der Waals surface area contributed by atoms with Crippen LogP contribution in [0.3, 0.4) is 0 Å². The maximum atomic E-state index is 14.3. The van der Waals surface area contributed by atoms with Gasteiger partial charge in [-0.2, -0.15) is 0 Å². The maximum absolute atomic E-state index is 14.3. The van der Waals surface area contributed by atoms with Crippen LogP contribution in [0.1, 0.15) is 0 Å². The van der Waals surface area contributed by atoms with Crippen molar-refractivity contribution >= 4 is 22.6 Å². The van der Waals surface area contributed by atoms with Gasteiger partial charge in [-0.25, -0.2) is 13.2 Å². The van der Waals surface area contributed by atoms with Gasteiger partial charge in [-0.3, -0.25) is 0 Å². The average Bonchev–Trinajstić information content (AvgIpc) is 2.54. The Morgan fingerprint density at radius 1 is 0.636 bits per heavy atom. The third kappa shape index (κ3) is 2.75. The molecule has 0 aliphatic heterocycles. The Bertz CT molecular complexity index is 829. The van der Waals surface area contributed by atoms with E-state index in [4.69, 9.17) is 0 Å². The van der Waals surface area contributed by atoms with Gasteiger partial charge < -0.3 is 0 Å². The molecule has 0 heterocycles. The van der Waals surface area contributed by atoms with Crippen LogP contribution < -0.4 is 0 Å². The monoisotopic (exact) mass is 410 g/mol. The molecular formula is C18H10F3I. The van der Waals surface area contributed by atoms with Crippen molar-refractivity contribution in [1.82, 2.24) is 0 Å². The van der Waals surface area contributed by atoms with Crippen LogP contribution in [0.5, 0.6) is 0 Å². The van der Waals surface area contributed by atoms with Gasteiger partial charge in [0.25, 0.3) is 0 Å². The van der Waals surface area contributed by atoms with Crippen molar-refractivity contribution in [3.8, 4) is 22.3 Å². The second-order valence-corrected chi connectivity index (χ2v) is 5.95. The van der Waals surface area contributed by atoms with Crippen LogP contribution >= 0.6 is 22.6 Å². The summed E-state index contributed by atoms with van der Waals surface area (Å²) < 4.78 is 42.2. The summed E-state index contributed by atoms with van der Waals surface area (Å²) >= 11 is 1.70. The smallest absolute Gasteiger partial charge is 0.172 e. The molecule has 0 aliphatic carbocycles. The summed E-state index contributed by atoms with van der Waals surface area (Å²) in [5.74, 6) is -2.57. The molecule has 0 radical (unpaired) electrons. The van der Waals surface area contributed by atoms with Gasteiger partial charge in [0.15, 0.2) is 11.6 Å². The molecule has 0 bridgehead atoms. The summed E-state index contributed by atoms with van der Waals surface area (Å²) in [5.41, 5.74) is 1.53. The molecule has 0 nitrogen and oxygen atoms in total. The second-order valence-electron chi connectivity index (χ2n) is 4.78. The highest BCUT2D eigenvalue weighted by Gasteiger charge is 2.16. The second kappa shape index (κ2) is 6.12. The molecule has 0 aromatic heterocycles. The van der Waals surface area contributed by atoms with E-state index < -0.39 is 17.5 Å². The van der Waals surface area contributed by atoms with Crippen LogP contribution in [0.25, 0.3) is 22.3 Å². The van der Waals surface area contributed by atoms with Crippen molar-refractivity contribution in [3.05, 3.63) is 81.7 Å². The van der Waals surface area contributed by atoms with E-state index in [0.717, 1.165) is 5.56 Å². The van der Waals surface area contributed by atoms with Crippen molar-refractivity contribution in [2.24, 2.45) is 0 Å². The van der Waals surface area contributed by atoms with Crippen LogP contribution in [-0.4, -0.2) is 0 Å². The van der Waals surface area contributed by atoms with E-state index in [1.54, 1.807) is 28.7 Å². The SMILES string of the molecule is Fc1cc(-c2ccccc2)ccc1-c1ccc(I)c(F)c1F. The molecule has 0 spiro atoms. The minimum atomic E-state index is -1.03. The molecule has 0 amide bonds. The molecule has 0 fully saturated rings. The quantitative estimate of drug-likeness (QED) is 0.357. The summed E-state index contributed by atoms with van der Waals surface area (Å²) in [4.78, 5) is 0. The Morgan fingerprint density at radius 3 is 2.00 bits per heavy atom.